The van der Waals surface area contributed by atoms with E-state index in [-0.39, 0.29) is 6.61 Å². The van der Waals surface area contributed by atoms with E-state index in [9.17, 15) is 5.11 Å². The fourth-order valence-electron chi connectivity index (χ4n) is 3.00. The Balaban J connectivity index is 4.75. The van der Waals surface area contributed by atoms with Crippen LogP contribution >= 0.6 is 0 Å². The first-order valence-corrected chi connectivity index (χ1v) is 9.02. The van der Waals surface area contributed by atoms with Crippen molar-refractivity contribution in [2.45, 2.75) is 64.3 Å². The minimum atomic E-state index is -1.89. The number of hydrogen-bond acceptors (Lipinski definition) is 3. The molecule has 0 fully saturated rings. The Morgan fingerprint density at radius 1 is 1.00 bits per heavy atom. The molecule has 0 saturated carbocycles. The van der Waals surface area contributed by atoms with Crippen LogP contribution in [-0.2, 0) is 4.43 Å². The van der Waals surface area contributed by atoms with Gasteiger partial charge in [-0.25, -0.2) is 0 Å². The summed E-state index contributed by atoms with van der Waals surface area (Å²) in [5.74, 6) is 0. The van der Waals surface area contributed by atoms with Crippen LogP contribution in [0, 0.1) is 0 Å². The molecule has 1 unspecified atom stereocenters. The molecule has 0 aliphatic heterocycles. The maximum absolute atomic E-state index is 9.79. The molecule has 0 aromatic rings. The lowest BCUT2D eigenvalue weighted by molar-refractivity contribution is 0.131. The molecule has 2 N–H and O–H groups in total. The molecule has 108 valence electrons. The maximum Gasteiger partial charge on any atom is 0.200 e. The Kier molecular flexibility index (Phi) is 8.02. The van der Waals surface area contributed by atoms with Crippen LogP contribution in [0.15, 0.2) is 12.2 Å². The van der Waals surface area contributed by atoms with Crippen molar-refractivity contribution >= 4 is 8.32 Å². The van der Waals surface area contributed by atoms with Gasteiger partial charge in [-0.3, -0.25) is 0 Å². The van der Waals surface area contributed by atoms with Crippen LogP contribution in [0.5, 0.6) is 0 Å². The second kappa shape index (κ2) is 8.10. The molecule has 18 heavy (non-hydrogen) atoms. The predicted molar refractivity (Wildman–Crippen MR) is 79.2 cm³/mol. The summed E-state index contributed by atoms with van der Waals surface area (Å²) in [5, 5.41) is 18.5. The van der Waals surface area contributed by atoms with Crippen LogP contribution < -0.4 is 0 Å². The van der Waals surface area contributed by atoms with Crippen molar-refractivity contribution in [3.8, 4) is 0 Å². The van der Waals surface area contributed by atoms with Crippen molar-refractivity contribution in [3.63, 3.8) is 0 Å². The van der Waals surface area contributed by atoms with Gasteiger partial charge in [0.2, 0.25) is 0 Å². The zero-order valence-corrected chi connectivity index (χ0v) is 13.7. The monoisotopic (exact) mass is 274 g/mol. The molecule has 0 radical (unpaired) electrons. The van der Waals surface area contributed by atoms with Crippen molar-refractivity contribution in [3.05, 3.63) is 12.2 Å². The lowest BCUT2D eigenvalue weighted by Gasteiger charge is -2.42. The third-order valence-corrected chi connectivity index (χ3v) is 9.76. The van der Waals surface area contributed by atoms with Gasteiger partial charge >= 0.3 is 0 Å². The van der Waals surface area contributed by atoms with E-state index >= 15 is 0 Å². The van der Waals surface area contributed by atoms with E-state index in [1.807, 2.05) is 0 Å². The van der Waals surface area contributed by atoms with Crippen molar-refractivity contribution in [2.24, 2.45) is 0 Å². The first-order valence-electron chi connectivity index (χ1n) is 6.88. The lowest BCUT2D eigenvalue weighted by atomic mass is 10.3. The van der Waals surface area contributed by atoms with Gasteiger partial charge in [-0.05, 0) is 16.6 Å². The van der Waals surface area contributed by atoms with Crippen LogP contribution in [-0.4, -0.2) is 37.8 Å². The third kappa shape index (κ3) is 4.50. The van der Waals surface area contributed by atoms with E-state index in [1.165, 1.54) is 0 Å². The molecule has 3 nitrogen and oxygen atoms in total. The molecule has 0 aromatic carbocycles. The molecule has 0 spiro atoms. The van der Waals surface area contributed by atoms with Gasteiger partial charge in [-0.15, -0.1) is 0 Å². The average molecular weight is 274 g/mol. The minimum Gasteiger partial charge on any atom is -0.413 e. The van der Waals surface area contributed by atoms with E-state index in [0.29, 0.717) is 23.2 Å². The second-order valence-electron chi connectivity index (χ2n) is 5.81. The van der Waals surface area contributed by atoms with Crippen LogP contribution in [0.4, 0.5) is 0 Å². The van der Waals surface area contributed by atoms with Crippen molar-refractivity contribution < 1.29 is 14.6 Å². The van der Waals surface area contributed by atoms with Gasteiger partial charge in [-0.1, -0.05) is 53.7 Å². The molecule has 4 heteroatoms. The van der Waals surface area contributed by atoms with E-state index < -0.39 is 14.4 Å². The second-order valence-corrected chi connectivity index (χ2v) is 11.3. The number of aliphatic hydroxyl groups excluding tert-OH is 2. The number of aliphatic hydroxyl groups is 2. The molecule has 0 heterocycles. The Morgan fingerprint density at radius 2 is 1.44 bits per heavy atom. The van der Waals surface area contributed by atoms with Crippen molar-refractivity contribution in [1.82, 2.24) is 0 Å². The highest BCUT2D eigenvalue weighted by molar-refractivity contribution is 6.77. The van der Waals surface area contributed by atoms with Crippen LogP contribution in [0.3, 0.4) is 0 Å². The van der Waals surface area contributed by atoms with Crippen molar-refractivity contribution in [1.29, 1.82) is 0 Å². The van der Waals surface area contributed by atoms with E-state index in [1.54, 1.807) is 12.2 Å². The van der Waals surface area contributed by atoms with E-state index in [4.69, 9.17) is 9.53 Å². The summed E-state index contributed by atoms with van der Waals surface area (Å²) in [6.45, 7) is 13.6. The van der Waals surface area contributed by atoms with Gasteiger partial charge in [-0.2, -0.15) is 0 Å². The molecular formula is C14H30O3Si. The minimum absolute atomic E-state index is 0.0435. The van der Waals surface area contributed by atoms with Gasteiger partial charge in [0.15, 0.2) is 8.32 Å². The summed E-state index contributed by atoms with van der Waals surface area (Å²) in [5.41, 5.74) is 1.56. The van der Waals surface area contributed by atoms with Crippen LogP contribution in [0.2, 0.25) is 16.6 Å². The Morgan fingerprint density at radius 3 is 1.78 bits per heavy atom. The molecule has 0 aliphatic rings. The smallest absolute Gasteiger partial charge is 0.200 e. The molecule has 0 amide bonds. The third-order valence-electron chi connectivity index (χ3n) is 3.67. The molecule has 0 aromatic heterocycles. The highest BCUT2D eigenvalue weighted by Crippen LogP contribution is 2.42. The molecular weight excluding hydrogens is 244 g/mol. The largest absolute Gasteiger partial charge is 0.413 e. The topological polar surface area (TPSA) is 49.7 Å². The standard InChI is InChI=1S/C14H30O3Si/c1-11(2)18(12(3)4,13(5)6)17-10-14(16)8-7-9-15/h7-8,11-16H,9-10H2,1-6H3. The molecule has 1 atom stereocenters. The van der Waals surface area contributed by atoms with Gasteiger partial charge in [0.05, 0.1) is 19.3 Å². The van der Waals surface area contributed by atoms with Crippen molar-refractivity contribution in [2.75, 3.05) is 13.2 Å². The summed E-state index contributed by atoms with van der Waals surface area (Å²) in [4.78, 5) is 0. The maximum atomic E-state index is 9.79. The number of rotatable bonds is 8. The van der Waals surface area contributed by atoms with Crippen LogP contribution in [0.1, 0.15) is 41.5 Å². The SMILES string of the molecule is CC(C)[Si](OCC(O)C=CCO)(C(C)C)C(C)C. The predicted octanol–water partition coefficient (Wildman–Crippen LogP) is 3.09. The fraction of sp³-hybridized carbons (Fsp3) is 0.857. The zero-order valence-electron chi connectivity index (χ0n) is 12.7. The summed E-state index contributed by atoms with van der Waals surface area (Å²) < 4.78 is 6.23. The fourth-order valence-corrected chi connectivity index (χ4v) is 8.46. The Labute approximate surface area is 113 Å². The Hall–Kier alpha value is -0.163. The van der Waals surface area contributed by atoms with Crippen LogP contribution in [0.25, 0.3) is 0 Å². The summed E-state index contributed by atoms with van der Waals surface area (Å²) in [6, 6.07) is 0. The number of hydrogen-bond donors (Lipinski definition) is 2. The molecule has 0 bridgehead atoms. The highest BCUT2D eigenvalue weighted by atomic mass is 28.4. The van der Waals surface area contributed by atoms with Gasteiger partial charge in [0.1, 0.15) is 0 Å². The van der Waals surface area contributed by atoms with E-state index in [2.05, 4.69) is 41.5 Å². The molecule has 0 rings (SSSR count). The summed E-state index contributed by atoms with van der Waals surface area (Å²) in [7, 11) is -1.89. The zero-order chi connectivity index (χ0) is 14.3. The molecule has 0 aliphatic carbocycles. The quantitative estimate of drug-likeness (QED) is 0.528. The summed E-state index contributed by atoms with van der Waals surface area (Å²) in [6.07, 6.45) is 2.53. The van der Waals surface area contributed by atoms with E-state index in [0.717, 1.165) is 0 Å². The molecule has 0 saturated heterocycles. The normalized spacial score (nSPS) is 15.3. The average Bonchev–Trinajstić information content (AvgIpc) is 2.25. The summed E-state index contributed by atoms with van der Waals surface area (Å²) >= 11 is 0. The first kappa shape index (κ1) is 17.8. The lowest BCUT2D eigenvalue weighted by Crippen LogP contribution is -2.49. The van der Waals surface area contributed by atoms with Gasteiger partial charge in [0.25, 0.3) is 0 Å². The van der Waals surface area contributed by atoms with Gasteiger partial charge in [0, 0.05) is 0 Å². The van der Waals surface area contributed by atoms with Gasteiger partial charge < -0.3 is 14.6 Å². The highest BCUT2D eigenvalue weighted by Gasteiger charge is 2.45. The Bertz CT molecular complexity index is 228. The first-order chi connectivity index (χ1) is 8.28.